The van der Waals surface area contributed by atoms with Gasteiger partial charge in [0.1, 0.15) is 6.04 Å². The van der Waals surface area contributed by atoms with E-state index in [0.717, 1.165) is 44.3 Å². The van der Waals surface area contributed by atoms with Gasteiger partial charge in [0, 0.05) is 18.7 Å². The van der Waals surface area contributed by atoms with Crippen LogP contribution in [0.25, 0.3) is 0 Å². The number of rotatable bonds is 7. The first-order valence-electron chi connectivity index (χ1n) is 10.8. The Morgan fingerprint density at radius 3 is 2.34 bits per heavy atom. The number of carbonyl (C=O) groups excluding carboxylic acids is 2. The summed E-state index contributed by atoms with van der Waals surface area (Å²) in [5.74, 6) is 0.522. The standard InChI is InChI=1S/C25H32N2O2/c1-3-9-23(26-24(28)22-13-8-7-10-19(22)2)25(29)27-16-14-21(15-17-27)18-20-11-5-4-6-12-20/h4-8,10-13,21,23H,3,9,14-18H2,1-2H3,(H,26,28). The number of hydrogen-bond donors (Lipinski definition) is 1. The summed E-state index contributed by atoms with van der Waals surface area (Å²) in [4.78, 5) is 27.8. The molecule has 0 bridgehead atoms. The zero-order chi connectivity index (χ0) is 20.6. The van der Waals surface area contributed by atoms with Gasteiger partial charge in [-0.15, -0.1) is 0 Å². The van der Waals surface area contributed by atoms with Crippen LogP contribution in [0.15, 0.2) is 54.6 Å². The van der Waals surface area contributed by atoms with Gasteiger partial charge in [-0.1, -0.05) is 61.9 Å². The Bertz CT molecular complexity index is 811. The number of nitrogens with zero attached hydrogens (tertiary/aromatic N) is 1. The maximum Gasteiger partial charge on any atom is 0.252 e. The van der Waals surface area contributed by atoms with Gasteiger partial charge >= 0.3 is 0 Å². The van der Waals surface area contributed by atoms with Crippen LogP contribution in [0.3, 0.4) is 0 Å². The summed E-state index contributed by atoms with van der Waals surface area (Å²) in [7, 11) is 0. The Kier molecular flexibility index (Phi) is 7.45. The SMILES string of the molecule is CCCC(NC(=O)c1ccccc1C)C(=O)N1CCC(Cc2ccccc2)CC1. The lowest BCUT2D eigenvalue weighted by atomic mass is 9.90. The second kappa shape index (κ2) is 10.2. The number of nitrogens with one attached hydrogen (secondary N) is 1. The fourth-order valence-electron chi connectivity index (χ4n) is 4.14. The maximum absolute atomic E-state index is 13.1. The van der Waals surface area contributed by atoms with Crippen LogP contribution in [0, 0.1) is 12.8 Å². The summed E-state index contributed by atoms with van der Waals surface area (Å²) >= 11 is 0. The average Bonchev–Trinajstić information content (AvgIpc) is 2.74. The molecule has 1 N–H and O–H groups in total. The van der Waals surface area contributed by atoms with Crippen LogP contribution in [0.4, 0.5) is 0 Å². The smallest absolute Gasteiger partial charge is 0.252 e. The zero-order valence-corrected chi connectivity index (χ0v) is 17.6. The largest absolute Gasteiger partial charge is 0.341 e. The van der Waals surface area contributed by atoms with Gasteiger partial charge in [0.15, 0.2) is 0 Å². The lowest BCUT2D eigenvalue weighted by Crippen LogP contribution is -2.50. The lowest BCUT2D eigenvalue weighted by molar-refractivity contribution is -0.134. The van der Waals surface area contributed by atoms with Crippen LogP contribution in [-0.4, -0.2) is 35.8 Å². The Morgan fingerprint density at radius 2 is 1.69 bits per heavy atom. The van der Waals surface area contributed by atoms with Gasteiger partial charge in [0.2, 0.25) is 5.91 Å². The van der Waals surface area contributed by atoms with Gasteiger partial charge in [-0.05, 0) is 55.7 Å². The molecule has 4 heteroatoms. The highest BCUT2D eigenvalue weighted by Gasteiger charge is 2.29. The van der Waals surface area contributed by atoms with Crippen molar-refractivity contribution in [1.82, 2.24) is 10.2 Å². The van der Waals surface area contributed by atoms with Crippen molar-refractivity contribution in [2.45, 2.75) is 52.0 Å². The normalized spacial score (nSPS) is 15.7. The number of amides is 2. The number of likely N-dealkylation sites (tertiary alicyclic amines) is 1. The van der Waals surface area contributed by atoms with Crippen molar-refractivity contribution in [3.8, 4) is 0 Å². The Morgan fingerprint density at radius 1 is 1.03 bits per heavy atom. The molecule has 2 amide bonds. The van der Waals surface area contributed by atoms with Crippen molar-refractivity contribution in [1.29, 1.82) is 0 Å². The lowest BCUT2D eigenvalue weighted by Gasteiger charge is -2.34. The van der Waals surface area contributed by atoms with E-state index >= 15 is 0 Å². The van der Waals surface area contributed by atoms with E-state index in [9.17, 15) is 9.59 Å². The van der Waals surface area contributed by atoms with E-state index < -0.39 is 6.04 Å². The number of carbonyl (C=O) groups is 2. The molecule has 29 heavy (non-hydrogen) atoms. The minimum absolute atomic E-state index is 0.0620. The fourth-order valence-corrected chi connectivity index (χ4v) is 4.14. The summed E-state index contributed by atoms with van der Waals surface area (Å²) in [5.41, 5.74) is 2.93. The van der Waals surface area contributed by atoms with Crippen molar-refractivity contribution in [3.05, 3.63) is 71.3 Å². The third-order valence-electron chi connectivity index (χ3n) is 5.86. The molecule has 1 unspecified atom stereocenters. The van der Waals surface area contributed by atoms with Crippen molar-refractivity contribution in [2.75, 3.05) is 13.1 Å². The summed E-state index contributed by atoms with van der Waals surface area (Å²) in [5, 5.41) is 2.99. The molecule has 2 aromatic carbocycles. The Hall–Kier alpha value is -2.62. The first-order valence-corrected chi connectivity index (χ1v) is 10.8. The minimum Gasteiger partial charge on any atom is -0.341 e. The Labute approximate surface area is 174 Å². The van der Waals surface area contributed by atoms with E-state index in [-0.39, 0.29) is 11.8 Å². The molecular weight excluding hydrogens is 360 g/mol. The van der Waals surface area contributed by atoms with Crippen molar-refractivity contribution in [3.63, 3.8) is 0 Å². The van der Waals surface area contributed by atoms with Gasteiger partial charge in [0.25, 0.3) is 5.91 Å². The monoisotopic (exact) mass is 392 g/mol. The predicted molar refractivity (Wildman–Crippen MR) is 117 cm³/mol. The van der Waals surface area contributed by atoms with Crippen LogP contribution < -0.4 is 5.32 Å². The molecule has 0 aromatic heterocycles. The van der Waals surface area contributed by atoms with E-state index in [1.165, 1.54) is 5.56 Å². The molecule has 1 saturated heterocycles. The number of piperidine rings is 1. The second-order valence-electron chi connectivity index (χ2n) is 8.09. The van der Waals surface area contributed by atoms with Crippen molar-refractivity contribution >= 4 is 11.8 Å². The molecule has 1 atom stereocenters. The van der Waals surface area contributed by atoms with Gasteiger partial charge in [0.05, 0.1) is 0 Å². The van der Waals surface area contributed by atoms with Crippen LogP contribution in [0.5, 0.6) is 0 Å². The van der Waals surface area contributed by atoms with Gasteiger partial charge < -0.3 is 10.2 Å². The first kappa shape index (κ1) is 21.1. The van der Waals surface area contributed by atoms with Gasteiger partial charge in [-0.25, -0.2) is 0 Å². The summed E-state index contributed by atoms with van der Waals surface area (Å²) in [6.07, 6.45) is 4.64. The van der Waals surface area contributed by atoms with Crippen LogP contribution in [0.2, 0.25) is 0 Å². The van der Waals surface area contributed by atoms with Gasteiger partial charge in [-0.3, -0.25) is 9.59 Å². The predicted octanol–water partition coefficient (Wildman–Crippen LogP) is 4.37. The fraction of sp³-hybridized carbons (Fsp3) is 0.440. The summed E-state index contributed by atoms with van der Waals surface area (Å²) in [6.45, 7) is 5.52. The van der Waals surface area contributed by atoms with Crippen LogP contribution in [0.1, 0.15) is 54.1 Å². The van der Waals surface area contributed by atoms with E-state index in [1.54, 1.807) is 0 Å². The third kappa shape index (κ3) is 5.69. The molecule has 3 rings (SSSR count). The molecule has 1 heterocycles. The highest BCUT2D eigenvalue weighted by Crippen LogP contribution is 2.22. The highest BCUT2D eigenvalue weighted by molar-refractivity contribution is 5.98. The van der Waals surface area contributed by atoms with Crippen molar-refractivity contribution < 1.29 is 9.59 Å². The first-order chi connectivity index (χ1) is 14.1. The zero-order valence-electron chi connectivity index (χ0n) is 17.6. The molecule has 0 spiro atoms. The van der Waals surface area contributed by atoms with Gasteiger partial charge in [-0.2, -0.15) is 0 Å². The number of benzene rings is 2. The summed E-state index contributed by atoms with van der Waals surface area (Å²) in [6, 6.07) is 17.6. The molecule has 1 aliphatic heterocycles. The molecule has 0 aliphatic carbocycles. The molecule has 1 fully saturated rings. The topological polar surface area (TPSA) is 49.4 Å². The third-order valence-corrected chi connectivity index (χ3v) is 5.86. The molecular formula is C25H32N2O2. The van der Waals surface area contributed by atoms with Crippen LogP contribution in [-0.2, 0) is 11.2 Å². The van der Waals surface area contributed by atoms with Crippen LogP contribution >= 0.6 is 0 Å². The summed E-state index contributed by atoms with van der Waals surface area (Å²) < 4.78 is 0. The molecule has 154 valence electrons. The highest BCUT2D eigenvalue weighted by atomic mass is 16.2. The second-order valence-corrected chi connectivity index (χ2v) is 8.09. The van der Waals surface area contributed by atoms with E-state index in [2.05, 4.69) is 29.6 Å². The average molecular weight is 393 g/mol. The molecule has 0 radical (unpaired) electrons. The molecule has 4 nitrogen and oxygen atoms in total. The Balaban J connectivity index is 1.57. The minimum atomic E-state index is -0.447. The molecule has 2 aromatic rings. The van der Waals surface area contributed by atoms with Crippen molar-refractivity contribution in [2.24, 2.45) is 5.92 Å². The molecule has 0 saturated carbocycles. The van der Waals surface area contributed by atoms with E-state index in [4.69, 9.17) is 0 Å². The number of hydrogen-bond acceptors (Lipinski definition) is 2. The molecule has 1 aliphatic rings. The maximum atomic E-state index is 13.1. The number of aryl methyl sites for hydroxylation is 1. The quantitative estimate of drug-likeness (QED) is 0.760. The van der Waals surface area contributed by atoms with E-state index in [0.29, 0.717) is 17.9 Å². The van der Waals surface area contributed by atoms with E-state index in [1.807, 2.05) is 49.1 Å².